The molecule has 0 bridgehead atoms. The van der Waals surface area contributed by atoms with Crippen LogP contribution in [0.1, 0.15) is 0 Å². The van der Waals surface area contributed by atoms with Gasteiger partial charge in [-0.3, -0.25) is 15.0 Å². The van der Waals surface area contributed by atoms with Gasteiger partial charge < -0.3 is 9.30 Å². The number of halogens is 3. The molecule has 3 rings (SSSR count). The Hall–Kier alpha value is -2.13. The molecule has 6 nitrogen and oxygen atoms in total. The van der Waals surface area contributed by atoms with Crippen LogP contribution >= 0.6 is 0 Å². The second kappa shape index (κ2) is 6.78. The molecule has 0 unspecified atom stereocenters. The lowest BCUT2D eigenvalue weighted by Crippen LogP contribution is -2.38. The van der Waals surface area contributed by atoms with Gasteiger partial charge in [0.1, 0.15) is 0 Å². The molecule has 1 saturated heterocycles. The number of hydrogen-bond donors (Lipinski definition) is 1. The first-order chi connectivity index (χ1) is 11.4. The molecular formula is C15H17F3N4O2. The fourth-order valence-corrected chi connectivity index (χ4v) is 2.64. The van der Waals surface area contributed by atoms with E-state index in [0.717, 1.165) is 13.1 Å². The monoisotopic (exact) mass is 342 g/mol. The summed E-state index contributed by atoms with van der Waals surface area (Å²) in [6.45, 7) is 3.89. The lowest BCUT2D eigenvalue weighted by Gasteiger charge is -2.26. The third kappa shape index (κ3) is 3.68. The number of alkyl halides is 3. The van der Waals surface area contributed by atoms with Gasteiger partial charge in [-0.1, -0.05) is 12.1 Å². The fraction of sp³-hybridized carbons (Fsp3) is 0.467. The normalized spacial score (nSPS) is 16.5. The summed E-state index contributed by atoms with van der Waals surface area (Å²) in [5.74, 6) is -2.11. The Morgan fingerprint density at radius 2 is 1.92 bits per heavy atom. The number of morpholine rings is 1. The van der Waals surface area contributed by atoms with Crippen LogP contribution in [0.25, 0.3) is 11.0 Å². The molecule has 1 N–H and O–H groups in total. The second-order valence-electron chi connectivity index (χ2n) is 5.48. The molecule has 24 heavy (non-hydrogen) atoms. The van der Waals surface area contributed by atoms with E-state index in [1.54, 1.807) is 28.8 Å². The van der Waals surface area contributed by atoms with Crippen LogP contribution in [0, 0.1) is 0 Å². The Bertz CT molecular complexity index is 723. The highest BCUT2D eigenvalue weighted by Crippen LogP contribution is 2.22. The van der Waals surface area contributed by atoms with Crippen LogP contribution in [0.4, 0.5) is 19.1 Å². The van der Waals surface area contributed by atoms with Crippen molar-refractivity contribution in [2.24, 2.45) is 0 Å². The van der Waals surface area contributed by atoms with Crippen LogP contribution in [0.15, 0.2) is 24.3 Å². The summed E-state index contributed by atoms with van der Waals surface area (Å²) in [7, 11) is 0. The van der Waals surface area contributed by atoms with Crippen LogP contribution in [-0.4, -0.2) is 59.4 Å². The minimum absolute atomic E-state index is 0.0909. The van der Waals surface area contributed by atoms with Crippen LogP contribution in [0.5, 0.6) is 0 Å². The number of nitrogens with zero attached hydrogens (tertiary/aromatic N) is 3. The summed E-state index contributed by atoms with van der Waals surface area (Å²) < 4.78 is 44.5. The molecular weight excluding hydrogens is 325 g/mol. The minimum atomic E-state index is -4.95. The largest absolute Gasteiger partial charge is 0.471 e. The first kappa shape index (κ1) is 16.7. The van der Waals surface area contributed by atoms with E-state index in [1.807, 2.05) is 5.32 Å². The van der Waals surface area contributed by atoms with E-state index < -0.39 is 12.1 Å². The zero-order chi connectivity index (χ0) is 17.2. The number of anilines is 1. The quantitative estimate of drug-likeness (QED) is 0.922. The number of carbonyl (C=O) groups is 1. The number of hydrogen-bond acceptors (Lipinski definition) is 4. The number of imidazole rings is 1. The van der Waals surface area contributed by atoms with Crippen molar-refractivity contribution in [1.29, 1.82) is 0 Å². The predicted octanol–water partition coefficient (Wildman–Crippen LogP) is 1.87. The van der Waals surface area contributed by atoms with E-state index in [1.165, 1.54) is 0 Å². The topological polar surface area (TPSA) is 59.4 Å². The van der Waals surface area contributed by atoms with Gasteiger partial charge in [-0.2, -0.15) is 13.2 Å². The molecule has 1 amide bonds. The first-order valence-electron chi connectivity index (χ1n) is 7.59. The van der Waals surface area contributed by atoms with Crippen LogP contribution in [0.3, 0.4) is 0 Å². The molecule has 9 heteroatoms. The molecule has 0 aliphatic carbocycles. The van der Waals surface area contributed by atoms with E-state index in [4.69, 9.17) is 4.74 Å². The summed E-state index contributed by atoms with van der Waals surface area (Å²) in [6, 6.07) is 7.00. The van der Waals surface area contributed by atoms with Crippen LogP contribution in [-0.2, 0) is 16.1 Å². The fourth-order valence-electron chi connectivity index (χ4n) is 2.64. The molecule has 2 aromatic rings. The zero-order valence-electron chi connectivity index (χ0n) is 12.8. The standard InChI is InChI=1S/C15H17F3N4O2/c16-15(17,18)13(23)20-14-19-11-3-1-2-4-12(11)22(14)6-5-21-7-9-24-10-8-21/h1-4H,5-10H2,(H,19,20,23). The molecule has 1 aliphatic rings. The van der Waals surface area contributed by atoms with Crippen molar-refractivity contribution in [3.05, 3.63) is 24.3 Å². The van der Waals surface area contributed by atoms with Crippen molar-refractivity contribution in [1.82, 2.24) is 14.5 Å². The Balaban J connectivity index is 1.83. The maximum atomic E-state index is 12.5. The third-order valence-electron chi connectivity index (χ3n) is 3.88. The zero-order valence-corrected chi connectivity index (χ0v) is 12.8. The smallest absolute Gasteiger partial charge is 0.379 e. The number of nitrogens with one attached hydrogen (secondary N) is 1. The summed E-state index contributed by atoms with van der Waals surface area (Å²) >= 11 is 0. The first-order valence-corrected chi connectivity index (χ1v) is 7.59. The molecule has 0 spiro atoms. The summed E-state index contributed by atoms with van der Waals surface area (Å²) in [4.78, 5) is 17.5. The van der Waals surface area contributed by atoms with Crippen molar-refractivity contribution in [3.8, 4) is 0 Å². The highest BCUT2D eigenvalue weighted by Gasteiger charge is 2.39. The molecule has 1 aliphatic heterocycles. The molecule has 2 heterocycles. The molecule has 130 valence electrons. The van der Waals surface area contributed by atoms with Crippen molar-refractivity contribution in [2.45, 2.75) is 12.7 Å². The van der Waals surface area contributed by atoms with Crippen molar-refractivity contribution in [3.63, 3.8) is 0 Å². The van der Waals surface area contributed by atoms with Gasteiger partial charge in [-0.15, -0.1) is 0 Å². The van der Waals surface area contributed by atoms with Gasteiger partial charge in [0.2, 0.25) is 5.95 Å². The average Bonchev–Trinajstić information content (AvgIpc) is 2.90. The van der Waals surface area contributed by atoms with Crippen LogP contribution in [0.2, 0.25) is 0 Å². The number of benzene rings is 1. The number of rotatable bonds is 4. The second-order valence-corrected chi connectivity index (χ2v) is 5.48. The van der Waals surface area contributed by atoms with Gasteiger partial charge in [0.15, 0.2) is 0 Å². The lowest BCUT2D eigenvalue weighted by atomic mass is 10.3. The Labute approximate surface area is 136 Å². The van der Waals surface area contributed by atoms with Crippen molar-refractivity contribution in [2.75, 3.05) is 38.2 Å². The SMILES string of the molecule is O=C(Nc1nc2ccccc2n1CCN1CCOCC1)C(F)(F)F. The van der Waals surface area contributed by atoms with E-state index in [2.05, 4.69) is 9.88 Å². The number of para-hydroxylation sites is 2. The van der Waals surface area contributed by atoms with Crippen LogP contribution < -0.4 is 5.32 Å². The van der Waals surface area contributed by atoms with Gasteiger partial charge in [-0.25, -0.2) is 4.98 Å². The maximum absolute atomic E-state index is 12.5. The highest BCUT2D eigenvalue weighted by molar-refractivity contribution is 5.95. The van der Waals surface area contributed by atoms with E-state index in [-0.39, 0.29) is 5.95 Å². The summed E-state index contributed by atoms with van der Waals surface area (Å²) in [5, 5.41) is 1.87. The molecule has 0 radical (unpaired) electrons. The Kier molecular flexibility index (Phi) is 4.72. The van der Waals surface area contributed by atoms with E-state index in [9.17, 15) is 18.0 Å². The van der Waals surface area contributed by atoms with E-state index in [0.29, 0.717) is 37.3 Å². The minimum Gasteiger partial charge on any atom is -0.379 e. The molecule has 0 atom stereocenters. The summed E-state index contributed by atoms with van der Waals surface area (Å²) in [5.41, 5.74) is 1.22. The van der Waals surface area contributed by atoms with Crippen molar-refractivity contribution >= 4 is 22.9 Å². The molecule has 1 aromatic heterocycles. The van der Waals surface area contributed by atoms with Gasteiger partial charge in [0, 0.05) is 26.2 Å². The molecule has 0 saturated carbocycles. The number of aromatic nitrogens is 2. The maximum Gasteiger partial charge on any atom is 0.471 e. The number of carbonyl (C=O) groups excluding carboxylic acids is 1. The lowest BCUT2D eigenvalue weighted by molar-refractivity contribution is -0.167. The average molecular weight is 342 g/mol. The van der Waals surface area contributed by atoms with E-state index >= 15 is 0 Å². The number of ether oxygens (including phenoxy) is 1. The highest BCUT2D eigenvalue weighted by atomic mass is 19.4. The number of fused-ring (bicyclic) bond motifs is 1. The van der Waals surface area contributed by atoms with Gasteiger partial charge in [0.25, 0.3) is 0 Å². The molecule has 1 fully saturated rings. The third-order valence-corrected chi connectivity index (χ3v) is 3.88. The molecule has 1 aromatic carbocycles. The predicted molar refractivity (Wildman–Crippen MR) is 81.7 cm³/mol. The van der Waals surface area contributed by atoms with Gasteiger partial charge >= 0.3 is 12.1 Å². The number of amides is 1. The Morgan fingerprint density at radius 1 is 1.21 bits per heavy atom. The van der Waals surface area contributed by atoms with Gasteiger partial charge in [0.05, 0.1) is 24.2 Å². The Morgan fingerprint density at radius 3 is 2.62 bits per heavy atom. The summed E-state index contributed by atoms with van der Waals surface area (Å²) in [6.07, 6.45) is -4.95. The van der Waals surface area contributed by atoms with Gasteiger partial charge in [-0.05, 0) is 12.1 Å². The van der Waals surface area contributed by atoms with Crippen molar-refractivity contribution < 1.29 is 22.7 Å².